The van der Waals surface area contributed by atoms with Crippen molar-refractivity contribution in [3.8, 4) is 23.2 Å². The third kappa shape index (κ3) is 2.90. The maximum Gasteiger partial charge on any atom is 0.233 e. The first kappa shape index (κ1) is 17.8. The summed E-state index contributed by atoms with van der Waals surface area (Å²) in [6.45, 7) is 1.88. The number of hydrogen-bond donors (Lipinski definition) is 2. The molecule has 9 nitrogen and oxygen atoms in total. The highest BCUT2D eigenvalue weighted by Gasteiger charge is 2.33. The van der Waals surface area contributed by atoms with E-state index in [1.807, 2.05) is 6.92 Å². The highest BCUT2D eigenvalue weighted by molar-refractivity contribution is 5.95. The zero-order valence-corrected chi connectivity index (χ0v) is 15.6. The summed E-state index contributed by atoms with van der Waals surface area (Å²) < 4.78 is 11.8. The van der Waals surface area contributed by atoms with Crippen LogP contribution in [0.15, 0.2) is 30.3 Å². The van der Waals surface area contributed by atoms with Gasteiger partial charge in [0.05, 0.1) is 19.9 Å². The Morgan fingerprint density at radius 2 is 2.00 bits per heavy atom. The van der Waals surface area contributed by atoms with Crippen molar-refractivity contribution in [2.45, 2.75) is 19.3 Å². The van der Waals surface area contributed by atoms with Crippen LogP contribution in [0.1, 0.15) is 29.2 Å². The number of anilines is 1. The lowest BCUT2D eigenvalue weighted by Crippen LogP contribution is -2.25. The van der Waals surface area contributed by atoms with Crippen LogP contribution in [0, 0.1) is 6.92 Å². The number of rotatable bonds is 4. The number of aromatic hydroxyl groups is 1. The number of nitrogens with zero attached hydrogens (tertiary/aromatic N) is 4. The number of fused-ring (bicyclic) bond motifs is 1. The Hall–Kier alpha value is -3.62. The molecule has 0 saturated heterocycles. The van der Waals surface area contributed by atoms with E-state index in [0.717, 1.165) is 16.8 Å². The van der Waals surface area contributed by atoms with E-state index in [1.54, 1.807) is 35.0 Å². The minimum absolute atomic E-state index is 0.0488. The van der Waals surface area contributed by atoms with E-state index in [2.05, 4.69) is 20.6 Å². The number of phenolic OH excluding ortho intramolecular Hbond substituents is 1. The largest absolute Gasteiger partial charge is 0.504 e. The number of carbonyl (C=O) groups excluding carboxylic acids is 1. The first-order chi connectivity index (χ1) is 13.5. The average molecular weight is 381 g/mol. The van der Waals surface area contributed by atoms with E-state index >= 15 is 0 Å². The van der Waals surface area contributed by atoms with E-state index in [4.69, 9.17) is 9.47 Å². The zero-order valence-electron chi connectivity index (χ0n) is 15.6. The minimum Gasteiger partial charge on any atom is -0.504 e. The third-order valence-corrected chi connectivity index (χ3v) is 4.76. The Morgan fingerprint density at radius 3 is 2.68 bits per heavy atom. The number of carbonyl (C=O) groups is 1. The molecule has 2 N–H and O–H groups in total. The zero-order chi connectivity index (χ0) is 19.8. The van der Waals surface area contributed by atoms with Gasteiger partial charge < -0.3 is 19.9 Å². The number of aryl methyl sites for hydroxylation is 1. The minimum atomic E-state index is -0.224. The average Bonchev–Trinajstić information content (AvgIpc) is 3.04. The molecule has 0 aliphatic carbocycles. The van der Waals surface area contributed by atoms with Crippen molar-refractivity contribution >= 4 is 11.7 Å². The number of amides is 1. The first-order valence-electron chi connectivity index (χ1n) is 8.66. The standard InChI is InChI=1S/C19H19N5O4/c1-10-18-12(11-4-5-13(25)14(8-11)27-2)9-16(26)20-19(18)24(23-10)15-6-7-17(28-3)22-21-15/h4-8,12,25H,9H2,1-3H3,(H,20,26)/t12-/m0/s1. The Morgan fingerprint density at radius 1 is 1.18 bits per heavy atom. The second-order valence-corrected chi connectivity index (χ2v) is 6.43. The van der Waals surface area contributed by atoms with Gasteiger partial charge in [-0.25, -0.2) is 0 Å². The number of aromatic nitrogens is 4. The molecule has 144 valence electrons. The monoisotopic (exact) mass is 381 g/mol. The van der Waals surface area contributed by atoms with Crippen LogP contribution in [0.5, 0.6) is 17.4 Å². The summed E-state index contributed by atoms with van der Waals surface area (Å²) in [4.78, 5) is 12.4. The molecule has 9 heteroatoms. The number of phenols is 1. The summed E-state index contributed by atoms with van der Waals surface area (Å²) in [6.07, 6.45) is 0.266. The molecule has 0 radical (unpaired) electrons. The second kappa shape index (κ2) is 6.84. The predicted molar refractivity (Wildman–Crippen MR) is 100 cm³/mol. The molecular weight excluding hydrogens is 362 g/mol. The van der Waals surface area contributed by atoms with Gasteiger partial charge in [0.1, 0.15) is 5.82 Å². The normalized spacial score (nSPS) is 15.7. The number of methoxy groups -OCH3 is 2. The molecule has 4 rings (SSSR count). The van der Waals surface area contributed by atoms with Crippen molar-refractivity contribution in [3.63, 3.8) is 0 Å². The Bertz CT molecular complexity index is 1050. The highest BCUT2D eigenvalue weighted by atomic mass is 16.5. The van der Waals surface area contributed by atoms with Crippen LogP contribution < -0.4 is 14.8 Å². The highest BCUT2D eigenvalue weighted by Crippen LogP contribution is 2.42. The van der Waals surface area contributed by atoms with Crippen LogP contribution in [0.4, 0.5) is 5.82 Å². The first-order valence-corrected chi connectivity index (χ1v) is 8.66. The molecule has 1 aromatic carbocycles. The van der Waals surface area contributed by atoms with Gasteiger partial charge in [0.25, 0.3) is 0 Å². The van der Waals surface area contributed by atoms with E-state index < -0.39 is 0 Å². The van der Waals surface area contributed by atoms with E-state index in [-0.39, 0.29) is 24.0 Å². The van der Waals surface area contributed by atoms with Gasteiger partial charge in [0, 0.05) is 24.0 Å². The molecule has 0 fully saturated rings. The van der Waals surface area contributed by atoms with Crippen molar-refractivity contribution in [2.75, 3.05) is 19.5 Å². The third-order valence-electron chi connectivity index (χ3n) is 4.76. The molecule has 0 unspecified atom stereocenters. The van der Waals surface area contributed by atoms with Gasteiger partial charge in [-0.1, -0.05) is 6.07 Å². The van der Waals surface area contributed by atoms with Crippen molar-refractivity contribution in [1.82, 2.24) is 20.0 Å². The molecule has 1 amide bonds. The summed E-state index contributed by atoms with van der Waals surface area (Å²) in [6, 6.07) is 8.49. The van der Waals surface area contributed by atoms with Crippen LogP contribution in [0.3, 0.4) is 0 Å². The van der Waals surface area contributed by atoms with Crippen LogP contribution in [-0.2, 0) is 4.79 Å². The summed E-state index contributed by atoms with van der Waals surface area (Å²) in [5, 5.41) is 25.4. The topological polar surface area (TPSA) is 111 Å². The van der Waals surface area contributed by atoms with Gasteiger partial charge in [0.2, 0.25) is 11.8 Å². The molecule has 28 heavy (non-hydrogen) atoms. The lowest BCUT2D eigenvalue weighted by Gasteiger charge is -2.24. The number of hydrogen-bond acceptors (Lipinski definition) is 7. The number of benzene rings is 1. The van der Waals surface area contributed by atoms with Gasteiger partial charge >= 0.3 is 0 Å². The molecule has 0 saturated carbocycles. The Balaban J connectivity index is 1.83. The van der Waals surface area contributed by atoms with Gasteiger partial charge in [-0.2, -0.15) is 9.78 Å². The summed E-state index contributed by atoms with van der Waals surface area (Å²) >= 11 is 0. The fourth-order valence-corrected chi connectivity index (χ4v) is 3.44. The van der Waals surface area contributed by atoms with Crippen molar-refractivity contribution in [3.05, 3.63) is 47.2 Å². The van der Waals surface area contributed by atoms with Crippen LogP contribution in [-0.4, -0.2) is 45.2 Å². The van der Waals surface area contributed by atoms with E-state index in [1.165, 1.54) is 14.2 Å². The fourth-order valence-electron chi connectivity index (χ4n) is 3.44. The summed E-state index contributed by atoms with van der Waals surface area (Å²) in [7, 11) is 3.00. The quantitative estimate of drug-likeness (QED) is 0.712. The molecular formula is C19H19N5O4. The summed E-state index contributed by atoms with van der Waals surface area (Å²) in [5.74, 6) is 1.47. The Kier molecular flexibility index (Phi) is 4.34. The lowest BCUT2D eigenvalue weighted by molar-refractivity contribution is -0.116. The van der Waals surface area contributed by atoms with E-state index in [9.17, 15) is 9.90 Å². The van der Waals surface area contributed by atoms with Crippen LogP contribution in [0.25, 0.3) is 5.82 Å². The van der Waals surface area contributed by atoms with Crippen molar-refractivity contribution in [2.24, 2.45) is 0 Å². The SMILES string of the molecule is COc1ccc(-n2nc(C)c3c2NC(=O)C[C@H]3c2ccc(O)c(OC)c2)nn1. The smallest absolute Gasteiger partial charge is 0.233 e. The maximum absolute atomic E-state index is 12.4. The van der Waals surface area contributed by atoms with Gasteiger partial charge in [-0.05, 0) is 30.7 Å². The molecule has 0 bridgehead atoms. The van der Waals surface area contributed by atoms with E-state index in [0.29, 0.717) is 23.3 Å². The lowest BCUT2D eigenvalue weighted by atomic mass is 9.85. The van der Waals surface area contributed by atoms with Crippen molar-refractivity contribution < 1.29 is 19.4 Å². The van der Waals surface area contributed by atoms with Crippen LogP contribution >= 0.6 is 0 Å². The number of ether oxygens (including phenoxy) is 2. The molecule has 2 aromatic heterocycles. The summed E-state index contributed by atoms with van der Waals surface area (Å²) in [5.41, 5.74) is 2.52. The molecule has 1 atom stereocenters. The maximum atomic E-state index is 12.4. The molecule has 3 aromatic rings. The second-order valence-electron chi connectivity index (χ2n) is 6.43. The van der Waals surface area contributed by atoms with Crippen LogP contribution in [0.2, 0.25) is 0 Å². The van der Waals surface area contributed by atoms with Gasteiger partial charge in [0.15, 0.2) is 17.3 Å². The molecule has 1 aliphatic heterocycles. The Labute approximate surface area is 160 Å². The molecule has 0 spiro atoms. The molecule has 1 aliphatic rings. The van der Waals surface area contributed by atoms with Gasteiger partial charge in [-0.15, -0.1) is 10.2 Å². The van der Waals surface area contributed by atoms with Gasteiger partial charge in [-0.3, -0.25) is 4.79 Å². The predicted octanol–water partition coefficient (Wildman–Crippen LogP) is 2.17. The van der Waals surface area contributed by atoms with Crippen molar-refractivity contribution in [1.29, 1.82) is 0 Å². The fraction of sp³-hybridized carbons (Fsp3) is 0.263. The molecule has 3 heterocycles. The number of nitrogens with one attached hydrogen (secondary N) is 1.